The van der Waals surface area contributed by atoms with Crippen LogP contribution in [0.2, 0.25) is 0 Å². The van der Waals surface area contributed by atoms with Gasteiger partial charge in [0.15, 0.2) is 0 Å². The second kappa shape index (κ2) is 4.97. The van der Waals surface area contributed by atoms with Crippen LogP contribution in [0.4, 0.5) is 0 Å². The number of hydrogen-bond acceptors (Lipinski definition) is 4. The van der Waals surface area contributed by atoms with E-state index in [1.54, 1.807) is 0 Å². The summed E-state index contributed by atoms with van der Waals surface area (Å²) in [5, 5.41) is 17.4. The molecule has 2 atom stereocenters. The molecule has 14 heavy (non-hydrogen) atoms. The monoisotopic (exact) mass is 201 g/mol. The third-order valence-corrected chi connectivity index (χ3v) is 1.99. The van der Waals surface area contributed by atoms with Gasteiger partial charge in [0, 0.05) is 25.4 Å². The van der Waals surface area contributed by atoms with Crippen LogP contribution in [-0.4, -0.2) is 53.0 Å². The summed E-state index contributed by atoms with van der Waals surface area (Å²) in [6.45, 7) is 3.04. The van der Waals surface area contributed by atoms with Crippen LogP contribution >= 0.6 is 0 Å². The Labute approximate surface area is 82.6 Å². The number of rotatable bonds is 3. The van der Waals surface area contributed by atoms with Crippen molar-refractivity contribution < 1.29 is 19.7 Å². The van der Waals surface area contributed by atoms with Crippen molar-refractivity contribution in [2.45, 2.75) is 19.1 Å². The number of ether oxygens (including phenoxy) is 1. The van der Waals surface area contributed by atoms with Crippen molar-refractivity contribution in [3.05, 3.63) is 12.3 Å². The maximum Gasteiger partial charge on any atom is 0.329 e. The van der Waals surface area contributed by atoms with Gasteiger partial charge in [-0.05, 0) is 6.92 Å². The van der Waals surface area contributed by atoms with Gasteiger partial charge >= 0.3 is 5.97 Å². The van der Waals surface area contributed by atoms with E-state index in [-0.39, 0.29) is 18.8 Å². The number of carboxylic acids is 1. The fourth-order valence-electron chi connectivity index (χ4n) is 1.47. The lowest BCUT2D eigenvalue weighted by molar-refractivity contribution is -0.131. The molecule has 1 aliphatic rings. The lowest BCUT2D eigenvalue weighted by Crippen LogP contribution is -2.45. The number of nitrogens with zero attached hydrogens (tertiary/aromatic N) is 1. The lowest BCUT2D eigenvalue weighted by Gasteiger charge is -2.35. The lowest BCUT2D eigenvalue weighted by atomic mass is 10.2. The number of carboxylic acid groups (broad SMARTS) is 1. The highest BCUT2D eigenvalue weighted by atomic mass is 16.5. The van der Waals surface area contributed by atoms with Gasteiger partial charge in [-0.3, -0.25) is 0 Å². The first kappa shape index (κ1) is 11.0. The number of aliphatic hydroxyl groups is 1. The van der Waals surface area contributed by atoms with E-state index in [4.69, 9.17) is 14.9 Å². The zero-order valence-corrected chi connectivity index (χ0v) is 8.09. The van der Waals surface area contributed by atoms with Crippen molar-refractivity contribution in [2.24, 2.45) is 0 Å². The standard InChI is InChI=1S/C9H15NO4/c1-7-4-10(3-2-9(12)13)5-8(6-11)14-7/h2-3,7-8,11H,4-6H2,1H3,(H,12,13)/b3-2+. The van der Waals surface area contributed by atoms with Crippen LogP contribution in [0.5, 0.6) is 0 Å². The molecule has 5 heteroatoms. The van der Waals surface area contributed by atoms with Crippen molar-refractivity contribution in [1.29, 1.82) is 0 Å². The molecule has 5 nitrogen and oxygen atoms in total. The third kappa shape index (κ3) is 3.35. The molecule has 2 unspecified atom stereocenters. The van der Waals surface area contributed by atoms with Crippen LogP contribution in [0.15, 0.2) is 12.3 Å². The molecule has 0 saturated carbocycles. The molecule has 2 N–H and O–H groups in total. The molecule has 1 fully saturated rings. The van der Waals surface area contributed by atoms with Crippen LogP contribution in [0.25, 0.3) is 0 Å². The highest BCUT2D eigenvalue weighted by Gasteiger charge is 2.22. The molecule has 1 saturated heterocycles. The summed E-state index contributed by atoms with van der Waals surface area (Å²) in [4.78, 5) is 12.1. The summed E-state index contributed by atoms with van der Waals surface area (Å²) < 4.78 is 5.40. The number of aliphatic hydroxyl groups excluding tert-OH is 1. The Morgan fingerprint density at radius 1 is 1.64 bits per heavy atom. The van der Waals surface area contributed by atoms with Gasteiger partial charge in [-0.25, -0.2) is 4.79 Å². The van der Waals surface area contributed by atoms with E-state index in [0.29, 0.717) is 13.1 Å². The molecule has 80 valence electrons. The molecule has 0 aromatic rings. The molecule has 1 aliphatic heterocycles. The first-order valence-corrected chi connectivity index (χ1v) is 4.53. The van der Waals surface area contributed by atoms with E-state index in [0.717, 1.165) is 6.08 Å². The summed E-state index contributed by atoms with van der Waals surface area (Å²) in [6.07, 6.45) is 2.40. The minimum absolute atomic E-state index is 0.0133. The zero-order valence-electron chi connectivity index (χ0n) is 8.09. The van der Waals surface area contributed by atoms with Crippen molar-refractivity contribution in [3.63, 3.8) is 0 Å². The third-order valence-electron chi connectivity index (χ3n) is 1.99. The van der Waals surface area contributed by atoms with Crippen LogP contribution in [0.3, 0.4) is 0 Å². The van der Waals surface area contributed by atoms with Crippen molar-refractivity contribution in [2.75, 3.05) is 19.7 Å². The number of morpholine rings is 1. The summed E-state index contributed by atoms with van der Waals surface area (Å²) in [5.41, 5.74) is 0. The molecule has 0 bridgehead atoms. The van der Waals surface area contributed by atoms with Gasteiger partial charge in [-0.2, -0.15) is 0 Å². The summed E-state index contributed by atoms with van der Waals surface area (Å²) in [5.74, 6) is -0.968. The summed E-state index contributed by atoms with van der Waals surface area (Å²) in [7, 11) is 0. The number of carbonyl (C=O) groups is 1. The first-order chi connectivity index (χ1) is 6.61. The Hall–Kier alpha value is -1.07. The first-order valence-electron chi connectivity index (χ1n) is 4.53. The van der Waals surface area contributed by atoms with Crippen molar-refractivity contribution in [3.8, 4) is 0 Å². The van der Waals surface area contributed by atoms with Gasteiger partial charge < -0.3 is 19.8 Å². The molecule has 0 aromatic carbocycles. The largest absolute Gasteiger partial charge is 0.478 e. The van der Waals surface area contributed by atoms with E-state index >= 15 is 0 Å². The average molecular weight is 201 g/mol. The topological polar surface area (TPSA) is 70.0 Å². The van der Waals surface area contributed by atoms with Gasteiger partial charge in [0.1, 0.15) is 0 Å². The van der Waals surface area contributed by atoms with E-state index in [1.165, 1.54) is 6.20 Å². The Bertz CT molecular complexity index is 229. The smallest absolute Gasteiger partial charge is 0.329 e. The molecule has 1 rings (SSSR count). The maximum atomic E-state index is 10.3. The highest BCUT2D eigenvalue weighted by molar-refractivity contribution is 5.79. The Morgan fingerprint density at radius 3 is 2.93 bits per heavy atom. The Balaban J connectivity index is 2.48. The number of aliphatic carboxylic acids is 1. The quantitative estimate of drug-likeness (QED) is 0.612. The minimum Gasteiger partial charge on any atom is -0.478 e. The summed E-state index contributed by atoms with van der Waals surface area (Å²) in [6, 6.07) is 0. The molecular formula is C9H15NO4. The molecule has 1 heterocycles. The van der Waals surface area contributed by atoms with E-state index in [9.17, 15) is 4.79 Å². The van der Waals surface area contributed by atoms with E-state index < -0.39 is 5.97 Å². The molecule has 0 spiro atoms. The van der Waals surface area contributed by atoms with Gasteiger partial charge in [0.25, 0.3) is 0 Å². The SMILES string of the molecule is CC1CN(/C=C/C(=O)O)CC(CO)O1. The zero-order chi connectivity index (χ0) is 10.6. The van der Waals surface area contributed by atoms with Gasteiger partial charge in [-0.1, -0.05) is 0 Å². The molecule has 0 radical (unpaired) electrons. The van der Waals surface area contributed by atoms with E-state index in [2.05, 4.69) is 0 Å². The van der Waals surface area contributed by atoms with Crippen LogP contribution in [0, 0.1) is 0 Å². The average Bonchev–Trinajstić information content (AvgIpc) is 2.14. The van der Waals surface area contributed by atoms with Crippen LogP contribution in [0.1, 0.15) is 6.92 Å². The van der Waals surface area contributed by atoms with Crippen LogP contribution in [-0.2, 0) is 9.53 Å². The molecule has 0 aromatic heterocycles. The normalized spacial score (nSPS) is 28.3. The minimum atomic E-state index is -0.968. The van der Waals surface area contributed by atoms with Crippen molar-refractivity contribution in [1.82, 2.24) is 4.90 Å². The fourth-order valence-corrected chi connectivity index (χ4v) is 1.47. The van der Waals surface area contributed by atoms with Gasteiger partial charge in [0.05, 0.1) is 18.8 Å². The van der Waals surface area contributed by atoms with Crippen LogP contribution < -0.4 is 0 Å². The van der Waals surface area contributed by atoms with E-state index in [1.807, 2.05) is 11.8 Å². The second-order valence-electron chi connectivity index (χ2n) is 3.36. The van der Waals surface area contributed by atoms with Gasteiger partial charge in [-0.15, -0.1) is 0 Å². The van der Waals surface area contributed by atoms with Crippen molar-refractivity contribution >= 4 is 5.97 Å². The highest BCUT2D eigenvalue weighted by Crippen LogP contribution is 2.10. The fraction of sp³-hybridized carbons (Fsp3) is 0.667. The Kier molecular flexibility index (Phi) is 3.91. The predicted molar refractivity (Wildman–Crippen MR) is 49.8 cm³/mol. The Morgan fingerprint density at radius 2 is 2.36 bits per heavy atom. The molecule has 0 amide bonds. The molecular weight excluding hydrogens is 186 g/mol. The predicted octanol–water partition coefficient (Wildman–Crippen LogP) is -0.334. The summed E-state index contributed by atoms with van der Waals surface area (Å²) >= 11 is 0. The maximum absolute atomic E-state index is 10.3. The number of hydrogen-bond donors (Lipinski definition) is 2. The van der Waals surface area contributed by atoms with Gasteiger partial charge in [0.2, 0.25) is 0 Å². The molecule has 0 aliphatic carbocycles. The second-order valence-corrected chi connectivity index (χ2v) is 3.36.